The van der Waals surface area contributed by atoms with Gasteiger partial charge in [0.25, 0.3) is 0 Å². The van der Waals surface area contributed by atoms with Crippen LogP contribution in [0, 0.1) is 32.1 Å². The Bertz CT molecular complexity index is 605. The van der Waals surface area contributed by atoms with Gasteiger partial charge in [0.05, 0.1) is 16.8 Å². The highest BCUT2D eigenvalue weighted by molar-refractivity contribution is 7.12. The second-order valence-electron chi connectivity index (χ2n) is 4.49. The Morgan fingerprint density at radius 1 is 1.28 bits per heavy atom. The molecule has 1 heterocycles. The molecule has 92 valence electrons. The third-order valence-corrected chi connectivity index (χ3v) is 3.97. The first-order chi connectivity index (χ1) is 8.61. The summed E-state index contributed by atoms with van der Waals surface area (Å²) in [5.74, 6) is 0. The summed E-state index contributed by atoms with van der Waals surface area (Å²) < 4.78 is 0. The first kappa shape index (κ1) is 12.8. The number of thiazole rings is 1. The maximum atomic E-state index is 8.63. The average Bonchev–Trinajstić information content (AvgIpc) is 2.71. The Balaban J connectivity index is 2.41. The van der Waals surface area contributed by atoms with Crippen molar-refractivity contribution in [2.75, 3.05) is 0 Å². The van der Waals surface area contributed by atoms with Crippen molar-refractivity contribution >= 4 is 11.3 Å². The van der Waals surface area contributed by atoms with Gasteiger partial charge in [-0.25, -0.2) is 4.98 Å². The highest BCUT2D eigenvalue weighted by atomic mass is 32.1. The number of aryl methyl sites for hydroxylation is 4. The van der Waals surface area contributed by atoms with Crippen LogP contribution in [-0.2, 0) is 6.42 Å². The number of hydrogen-bond donors (Lipinski definition) is 0. The molecule has 1 aromatic carbocycles. The fraction of sp³-hybridized carbons (Fsp3) is 0.333. The van der Waals surface area contributed by atoms with Crippen LogP contribution in [0.2, 0.25) is 0 Å². The molecule has 0 atom stereocenters. The van der Waals surface area contributed by atoms with E-state index in [0.717, 1.165) is 17.1 Å². The lowest BCUT2D eigenvalue weighted by molar-refractivity contribution is 0.990. The molecule has 2 aromatic rings. The molecule has 18 heavy (non-hydrogen) atoms. The molecule has 0 saturated carbocycles. The summed E-state index contributed by atoms with van der Waals surface area (Å²) in [5.41, 5.74) is 4.79. The van der Waals surface area contributed by atoms with Crippen molar-refractivity contribution in [1.82, 2.24) is 4.98 Å². The summed E-state index contributed by atoms with van der Waals surface area (Å²) in [6.07, 6.45) is 1.30. The van der Waals surface area contributed by atoms with Crippen LogP contribution < -0.4 is 0 Å². The van der Waals surface area contributed by atoms with Crippen molar-refractivity contribution in [3.8, 4) is 17.3 Å². The topological polar surface area (TPSA) is 36.7 Å². The predicted molar refractivity (Wildman–Crippen MR) is 75.7 cm³/mol. The molecular weight excluding hydrogens is 240 g/mol. The minimum Gasteiger partial charge on any atom is -0.241 e. The SMILES string of the molecule is Cc1ccc(C)c(-c2nc(CCC#N)sc2C)c1. The van der Waals surface area contributed by atoms with Crippen LogP contribution in [0.5, 0.6) is 0 Å². The van der Waals surface area contributed by atoms with Gasteiger partial charge in [-0.05, 0) is 32.4 Å². The fourth-order valence-electron chi connectivity index (χ4n) is 1.96. The lowest BCUT2D eigenvalue weighted by atomic mass is 10.0. The van der Waals surface area contributed by atoms with Crippen LogP contribution in [0.3, 0.4) is 0 Å². The molecule has 0 aliphatic carbocycles. The second kappa shape index (κ2) is 5.32. The van der Waals surface area contributed by atoms with Crippen LogP contribution in [0.4, 0.5) is 0 Å². The van der Waals surface area contributed by atoms with Crippen LogP contribution >= 0.6 is 11.3 Å². The van der Waals surface area contributed by atoms with Crippen molar-refractivity contribution < 1.29 is 0 Å². The molecule has 0 amide bonds. The van der Waals surface area contributed by atoms with Gasteiger partial charge in [-0.1, -0.05) is 17.7 Å². The lowest BCUT2D eigenvalue weighted by Gasteiger charge is -2.05. The highest BCUT2D eigenvalue weighted by Gasteiger charge is 2.11. The normalized spacial score (nSPS) is 10.3. The molecule has 2 nitrogen and oxygen atoms in total. The van der Waals surface area contributed by atoms with Crippen molar-refractivity contribution in [3.63, 3.8) is 0 Å². The maximum Gasteiger partial charge on any atom is 0.0945 e. The van der Waals surface area contributed by atoms with Gasteiger partial charge in [-0.15, -0.1) is 11.3 Å². The van der Waals surface area contributed by atoms with Crippen LogP contribution in [0.25, 0.3) is 11.3 Å². The molecule has 2 rings (SSSR count). The maximum absolute atomic E-state index is 8.63. The molecule has 0 aliphatic rings. The van der Waals surface area contributed by atoms with E-state index in [1.165, 1.54) is 21.6 Å². The Morgan fingerprint density at radius 2 is 2.06 bits per heavy atom. The van der Waals surface area contributed by atoms with E-state index in [0.29, 0.717) is 6.42 Å². The zero-order chi connectivity index (χ0) is 13.1. The zero-order valence-corrected chi connectivity index (χ0v) is 11.8. The molecular formula is C15H16N2S. The van der Waals surface area contributed by atoms with E-state index >= 15 is 0 Å². The minimum atomic E-state index is 0.541. The Labute approximate surface area is 112 Å². The number of hydrogen-bond acceptors (Lipinski definition) is 3. The van der Waals surface area contributed by atoms with E-state index in [1.807, 2.05) is 0 Å². The van der Waals surface area contributed by atoms with E-state index in [2.05, 4.69) is 50.0 Å². The molecule has 1 aromatic heterocycles. The van der Waals surface area contributed by atoms with Crippen molar-refractivity contribution in [2.45, 2.75) is 33.6 Å². The van der Waals surface area contributed by atoms with Gasteiger partial charge in [0.15, 0.2) is 0 Å². The Morgan fingerprint density at radius 3 is 2.78 bits per heavy atom. The number of benzene rings is 1. The quantitative estimate of drug-likeness (QED) is 0.825. The molecule has 0 saturated heterocycles. The summed E-state index contributed by atoms with van der Waals surface area (Å²) in [6.45, 7) is 6.31. The minimum absolute atomic E-state index is 0.541. The fourth-order valence-corrected chi connectivity index (χ4v) is 2.91. The Kier molecular flexibility index (Phi) is 3.78. The van der Waals surface area contributed by atoms with Crippen LogP contribution in [0.1, 0.15) is 27.4 Å². The van der Waals surface area contributed by atoms with E-state index < -0.39 is 0 Å². The lowest BCUT2D eigenvalue weighted by Crippen LogP contribution is -1.88. The highest BCUT2D eigenvalue weighted by Crippen LogP contribution is 2.30. The smallest absolute Gasteiger partial charge is 0.0945 e. The molecule has 0 fully saturated rings. The third kappa shape index (κ3) is 2.60. The van der Waals surface area contributed by atoms with Gasteiger partial charge in [0.2, 0.25) is 0 Å². The van der Waals surface area contributed by atoms with Gasteiger partial charge in [-0.3, -0.25) is 0 Å². The molecule has 0 unspecified atom stereocenters. The number of nitrogens with zero attached hydrogens (tertiary/aromatic N) is 2. The average molecular weight is 256 g/mol. The van der Waals surface area contributed by atoms with Gasteiger partial charge >= 0.3 is 0 Å². The number of aromatic nitrogens is 1. The second-order valence-corrected chi connectivity index (χ2v) is 5.78. The van der Waals surface area contributed by atoms with Gasteiger partial charge in [0.1, 0.15) is 0 Å². The summed E-state index contributed by atoms with van der Waals surface area (Å²) in [6, 6.07) is 8.62. The summed E-state index contributed by atoms with van der Waals surface area (Å²) in [4.78, 5) is 5.92. The van der Waals surface area contributed by atoms with Gasteiger partial charge in [0, 0.05) is 23.3 Å². The van der Waals surface area contributed by atoms with Gasteiger partial charge < -0.3 is 0 Å². The first-order valence-corrected chi connectivity index (χ1v) is 6.84. The van der Waals surface area contributed by atoms with E-state index in [4.69, 9.17) is 5.26 Å². The molecule has 0 N–H and O–H groups in total. The predicted octanol–water partition coefficient (Wildman–Crippen LogP) is 4.19. The summed E-state index contributed by atoms with van der Waals surface area (Å²) in [7, 11) is 0. The first-order valence-electron chi connectivity index (χ1n) is 6.02. The molecule has 0 bridgehead atoms. The van der Waals surface area contributed by atoms with Crippen LogP contribution in [0.15, 0.2) is 18.2 Å². The molecule has 0 spiro atoms. The standard InChI is InChI=1S/C15H16N2S/c1-10-6-7-11(2)13(9-10)15-12(3)18-14(17-15)5-4-8-16/h6-7,9H,4-5H2,1-3H3. The van der Waals surface area contributed by atoms with E-state index in [9.17, 15) is 0 Å². The van der Waals surface area contributed by atoms with Crippen molar-refractivity contribution in [1.29, 1.82) is 5.26 Å². The summed E-state index contributed by atoms with van der Waals surface area (Å²) >= 11 is 1.70. The number of rotatable bonds is 3. The zero-order valence-electron chi connectivity index (χ0n) is 10.9. The number of nitriles is 1. The van der Waals surface area contributed by atoms with Gasteiger partial charge in [-0.2, -0.15) is 5.26 Å². The van der Waals surface area contributed by atoms with E-state index in [-0.39, 0.29) is 0 Å². The monoisotopic (exact) mass is 256 g/mol. The van der Waals surface area contributed by atoms with Crippen molar-refractivity contribution in [3.05, 3.63) is 39.2 Å². The molecule has 0 aliphatic heterocycles. The molecule has 0 radical (unpaired) electrons. The third-order valence-electron chi connectivity index (χ3n) is 2.94. The molecule has 3 heteroatoms. The summed E-state index contributed by atoms with van der Waals surface area (Å²) in [5, 5.41) is 9.69. The van der Waals surface area contributed by atoms with E-state index in [1.54, 1.807) is 11.3 Å². The Hall–Kier alpha value is -1.66. The largest absolute Gasteiger partial charge is 0.241 e. The van der Waals surface area contributed by atoms with Crippen molar-refractivity contribution in [2.24, 2.45) is 0 Å². The van der Waals surface area contributed by atoms with Crippen LogP contribution in [-0.4, -0.2) is 4.98 Å².